The first kappa shape index (κ1) is 22.9. The third-order valence-corrected chi connectivity index (χ3v) is 4.70. The van der Waals surface area contributed by atoms with Crippen LogP contribution in [0.2, 0.25) is 0 Å². The molecule has 0 aliphatic carbocycles. The predicted octanol–water partition coefficient (Wildman–Crippen LogP) is 2.00. The molecule has 0 saturated carbocycles. The molecular formula is C23H25N3O6. The summed E-state index contributed by atoms with van der Waals surface area (Å²) in [5.74, 6) is 1.14. The number of carbonyl (C=O) groups excluding carboxylic acids is 2. The van der Waals surface area contributed by atoms with Crippen molar-refractivity contribution in [3.05, 3.63) is 48.5 Å². The summed E-state index contributed by atoms with van der Waals surface area (Å²) >= 11 is 0. The maximum atomic E-state index is 12.6. The molecule has 9 heteroatoms. The van der Waals surface area contributed by atoms with Crippen LogP contribution in [-0.2, 0) is 9.59 Å². The molecule has 2 aromatic rings. The van der Waals surface area contributed by atoms with Crippen LogP contribution in [0.15, 0.2) is 48.5 Å². The number of hydrogen-bond acceptors (Lipinski definition) is 7. The van der Waals surface area contributed by atoms with E-state index in [-0.39, 0.29) is 57.6 Å². The van der Waals surface area contributed by atoms with Gasteiger partial charge in [-0.3, -0.25) is 9.59 Å². The van der Waals surface area contributed by atoms with Crippen LogP contribution in [-0.4, -0.2) is 49.5 Å². The Hall–Kier alpha value is -3.77. The van der Waals surface area contributed by atoms with Crippen molar-refractivity contribution in [2.75, 3.05) is 31.4 Å². The first-order valence-corrected chi connectivity index (χ1v) is 10.3. The van der Waals surface area contributed by atoms with E-state index in [1.165, 1.54) is 4.90 Å². The molecule has 1 atom stereocenters. The molecule has 168 valence electrons. The van der Waals surface area contributed by atoms with Crippen molar-refractivity contribution in [2.24, 2.45) is 0 Å². The quantitative estimate of drug-likeness (QED) is 0.549. The van der Waals surface area contributed by atoms with Crippen LogP contribution in [0.3, 0.4) is 0 Å². The number of nitrogens with one attached hydrogen (secondary N) is 1. The smallest absolute Gasteiger partial charge is 0.231 e. The Morgan fingerprint density at radius 3 is 2.72 bits per heavy atom. The van der Waals surface area contributed by atoms with E-state index in [4.69, 9.17) is 19.5 Å². The second-order valence-corrected chi connectivity index (χ2v) is 7.07. The Labute approximate surface area is 186 Å². The number of hydrogen-bond donors (Lipinski definition) is 2. The summed E-state index contributed by atoms with van der Waals surface area (Å²) in [6.45, 7) is 0.400. The topological polar surface area (TPSA) is 121 Å². The van der Waals surface area contributed by atoms with Gasteiger partial charge in [-0.25, -0.2) is 0 Å². The maximum absolute atomic E-state index is 12.6. The highest BCUT2D eigenvalue weighted by molar-refractivity contribution is 5.95. The largest absolute Gasteiger partial charge is 0.491 e. The zero-order valence-corrected chi connectivity index (χ0v) is 17.5. The van der Waals surface area contributed by atoms with E-state index in [1.54, 1.807) is 30.3 Å². The van der Waals surface area contributed by atoms with Gasteiger partial charge in [0.05, 0.1) is 12.5 Å². The van der Waals surface area contributed by atoms with Crippen molar-refractivity contribution in [1.82, 2.24) is 5.32 Å². The van der Waals surface area contributed by atoms with Crippen LogP contribution in [0.4, 0.5) is 5.69 Å². The van der Waals surface area contributed by atoms with Crippen molar-refractivity contribution >= 4 is 17.5 Å². The molecule has 0 radical (unpaired) electrons. The number of benzene rings is 2. The minimum Gasteiger partial charge on any atom is -0.491 e. The van der Waals surface area contributed by atoms with Crippen molar-refractivity contribution in [1.29, 1.82) is 5.26 Å². The van der Waals surface area contributed by atoms with E-state index in [9.17, 15) is 14.7 Å². The number of aliphatic hydroxyl groups excluding tert-OH is 1. The lowest BCUT2D eigenvalue weighted by molar-refractivity contribution is -0.125. The zero-order chi connectivity index (χ0) is 22.8. The summed E-state index contributed by atoms with van der Waals surface area (Å²) in [5, 5.41) is 21.5. The van der Waals surface area contributed by atoms with E-state index in [0.29, 0.717) is 22.9 Å². The number of nitrogens with zero attached hydrogens (tertiary/aromatic N) is 2. The fourth-order valence-corrected chi connectivity index (χ4v) is 3.06. The Kier molecular flexibility index (Phi) is 8.29. The summed E-state index contributed by atoms with van der Waals surface area (Å²) in [7, 11) is 0. The molecular weight excluding hydrogens is 414 g/mol. The zero-order valence-electron chi connectivity index (χ0n) is 17.5. The summed E-state index contributed by atoms with van der Waals surface area (Å²) in [6, 6.07) is 16.1. The highest BCUT2D eigenvalue weighted by Crippen LogP contribution is 2.35. The average Bonchev–Trinajstić information content (AvgIpc) is 3.29. The predicted molar refractivity (Wildman–Crippen MR) is 115 cm³/mol. The highest BCUT2D eigenvalue weighted by Gasteiger charge is 2.18. The average molecular weight is 439 g/mol. The number of amides is 2. The number of carbonyl (C=O) groups is 2. The molecule has 1 unspecified atom stereocenters. The summed E-state index contributed by atoms with van der Waals surface area (Å²) in [5.41, 5.74) is 0.684. The first-order chi connectivity index (χ1) is 15.6. The number of ether oxygens (including phenoxy) is 3. The van der Waals surface area contributed by atoms with Crippen molar-refractivity contribution < 1.29 is 28.9 Å². The van der Waals surface area contributed by atoms with Gasteiger partial charge in [0.15, 0.2) is 11.5 Å². The third-order valence-electron chi connectivity index (χ3n) is 4.70. The van der Waals surface area contributed by atoms with Crippen molar-refractivity contribution in [3.8, 4) is 23.3 Å². The molecule has 2 N–H and O–H groups in total. The summed E-state index contributed by atoms with van der Waals surface area (Å²) in [6.07, 6.45) is -0.750. The summed E-state index contributed by atoms with van der Waals surface area (Å²) in [4.78, 5) is 26.2. The molecule has 32 heavy (non-hydrogen) atoms. The summed E-state index contributed by atoms with van der Waals surface area (Å²) < 4.78 is 16.0. The monoisotopic (exact) mass is 439 g/mol. The molecule has 2 aromatic carbocycles. The van der Waals surface area contributed by atoms with E-state index in [2.05, 4.69) is 5.32 Å². The maximum Gasteiger partial charge on any atom is 0.231 e. The first-order valence-electron chi connectivity index (χ1n) is 10.3. The minimum absolute atomic E-state index is 0.00402. The van der Waals surface area contributed by atoms with Gasteiger partial charge in [-0.15, -0.1) is 0 Å². The molecule has 2 amide bonds. The van der Waals surface area contributed by atoms with Crippen molar-refractivity contribution in [2.45, 2.75) is 25.4 Å². The van der Waals surface area contributed by atoms with Gasteiger partial charge in [-0.2, -0.15) is 5.26 Å². The molecule has 0 bridgehead atoms. The van der Waals surface area contributed by atoms with Crippen LogP contribution >= 0.6 is 0 Å². The molecule has 0 aromatic heterocycles. The number of nitriles is 1. The Morgan fingerprint density at radius 2 is 1.94 bits per heavy atom. The molecule has 1 heterocycles. The van der Waals surface area contributed by atoms with Gasteiger partial charge in [-0.05, 0) is 24.3 Å². The Balaban J connectivity index is 1.39. The molecule has 1 aliphatic rings. The SMILES string of the molecule is N#CCCN(C(=O)CCC(=O)NCC(O)COc1ccc2c(c1)OCO2)c1ccccc1. The number of fused-ring (bicyclic) bond motifs is 1. The van der Waals surface area contributed by atoms with Gasteiger partial charge in [0.2, 0.25) is 18.6 Å². The van der Waals surface area contributed by atoms with Gasteiger partial charge in [0.1, 0.15) is 18.5 Å². The second-order valence-electron chi connectivity index (χ2n) is 7.07. The third kappa shape index (κ3) is 6.62. The molecule has 3 rings (SSSR count). The molecule has 0 saturated heterocycles. The van der Waals surface area contributed by atoms with Crippen LogP contribution in [0, 0.1) is 11.3 Å². The lowest BCUT2D eigenvalue weighted by Gasteiger charge is -2.21. The van der Waals surface area contributed by atoms with Gasteiger partial charge >= 0.3 is 0 Å². The molecule has 9 nitrogen and oxygen atoms in total. The van der Waals surface area contributed by atoms with Crippen molar-refractivity contribution in [3.63, 3.8) is 0 Å². The normalized spacial score (nSPS) is 12.5. The number of para-hydroxylation sites is 1. The fourth-order valence-electron chi connectivity index (χ4n) is 3.06. The van der Waals surface area contributed by atoms with Crippen LogP contribution in [0.1, 0.15) is 19.3 Å². The van der Waals surface area contributed by atoms with Gasteiger partial charge in [0.25, 0.3) is 0 Å². The standard InChI is InChI=1S/C23H25N3O6/c24-11-4-12-26(17-5-2-1-3-6-17)23(29)10-9-22(28)25-14-18(27)15-30-19-7-8-20-21(13-19)32-16-31-20/h1-3,5-8,13,18,27H,4,9-10,12,14-16H2,(H,25,28). The van der Waals surface area contributed by atoms with Crippen LogP contribution < -0.4 is 24.4 Å². The molecule has 0 spiro atoms. The second kappa shape index (κ2) is 11.6. The fraction of sp³-hybridized carbons (Fsp3) is 0.348. The molecule has 0 fully saturated rings. The highest BCUT2D eigenvalue weighted by atomic mass is 16.7. The van der Waals surface area contributed by atoms with Crippen LogP contribution in [0.25, 0.3) is 0 Å². The number of rotatable bonds is 11. The van der Waals surface area contributed by atoms with E-state index < -0.39 is 6.10 Å². The van der Waals surface area contributed by atoms with Crippen LogP contribution in [0.5, 0.6) is 17.2 Å². The number of aliphatic hydroxyl groups is 1. The van der Waals surface area contributed by atoms with Gasteiger partial charge < -0.3 is 29.5 Å². The minimum atomic E-state index is -0.920. The number of anilines is 1. The lowest BCUT2D eigenvalue weighted by Crippen LogP contribution is -2.36. The van der Waals surface area contributed by atoms with E-state index in [0.717, 1.165) is 0 Å². The van der Waals surface area contributed by atoms with Gasteiger partial charge in [0, 0.05) is 37.7 Å². The Morgan fingerprint density at radius 1 is 1.16 bits per heavy atom. The Bertz CT molecular complexity index is 960. The van der Waals surface area contributed by atoms with Gasteiger partial charge in [-0.1, -0.05) is 18.2 Å². The van der Waals surface area contributed by atoms with E-state index >= 15 is 0 Å². The lowest BCUT2D eigenvalue weighted by atomic mass is 10.2. The van der Waals surface area contributed by atoms with E-state index in [1.807, 2.05) is 24.3 Å². The molecule has 1 aliphatic heterocycles.